The molecule has 0 saturated carbocycles. The van der Waals surface area contributed by atoms with E-state index in [0.717, 1.165) is 9.87 Å². The molecule has 0 spiro atoms. The number of rotatable bonds is 11. The molecule has 0 saturated heterocycles. The molecular formula is C27H30ClN3O6S. The molecule has 1 N–H and O–H groups in total. The number of hydrazone groups is 1. The van der Waals surface area contributed by atoms with E-state index in [1.807, 2.05) is 24.3 Å². The minimum atomic E-state index is -4.30. The molecule has 0 fully saturated rings. The summed E-state index contributed by atoms with van der Waals surface area (Å²) in [5.74, 6) is 0.491. The molecule has 0 aliphatic rings. The van der Waals surface area contributed by atoms with E-state index in [1.54, 1.807) is 6.07 Å². The number of halogens is 1. The van der Waals surface area contributed by atoms with Gasteiger partial charge in [-0.3, -0.25) is 9.10 Å². The van der Waals surface area contributed by atoms with Crippen molar-refractivity contribution in [2.75, 3.05) is 32.2 Å². The second-order valence-electron chi connectivity index (χ2n) is 8.46. The van der Waals surface area contributed by atoms with Gasteiger partial charge in [-0.1, -0.05) is 49.7 Å². The van der Waals surface area contributed by atoms with Crippen molar-refractivity contribution >= 4 is 39.4 Å². The van der Waals surface area contributed by atoms with Gasteiger partial charge in [-0.15, -0.1) is 0 Å². The molecule has 0 aliphatic heterocycles. The first-order chi connectivity index (χ1) is 18.1. The molecule has 0 bridgehead atoms. The minimum Gasteiger partial charge on any atom is -0.495 e. The summed E-state index contributed by atoms with van der Waals surface area (Å²) in [6.45, 7) is 3.59. The lowest BCUT2D eigenvalue weighted by Gasteiger charge is -2.25. The normalized spacial score (nSPS) is 11.4. The van der Waals surface area contributed by atoms with Crippen LogP contribution < -0.4 is 23.9 Å². The lowest BCUT2D eigenvalue weighted by atomic mass is 10.0. The average Bonchev–Trinajstić information content (AvgIpc) is 2.91. The second kappa shape index (κ2) is 12.7. The highest BCUT2D eigenvalue weighted by Crippen LogP contribution is 2.37. The molecule has 3 aromatic rings. The Kier molecular flexibility index (Phi) is 9.60. The first-order valence-electron chi connectivity index (χ1n) is 11.6. The summed E-state index contributed by atoms with van der Waals surface area (Å²) in [6, 6.07) is 16.4. The molecule has 0 atom stereocenters. The van der Waals surface area contributed by atoms with E-state index in [-0.39, 0.29) is 27.1 Å². The standard InChI is InChI=1S/C27H30ClN3O6S/c1-18(2)20-8-6-19(7-9-20)16-29-30-27(32)17-31(23-14-21(28)10-12-24(23)35-3)38(33,34)22-11-13-25(36-4)26(15-22)37-5/h6-16,18H,17H2,1-5H3,(H,30,32)/b29-16-. The van der Waals surface area contributed by atoms with Crippen LogP contribution in [0.1, 0.15) is 30.9 Å². The van der Waals surface area contributed by atoms with Gasteiger partial charge in [0.1, 0.15) is 12.3 Å². The predicted molar refractivity (Wildman–Crippen MR) is 148 cm³/mol. The van der Waals surface area contributed by atoms with E-state index < -0.39 is 22.5 Å². The van der Waals surface area contributed by atoms with Crippen LogP contribution in [0.4, 0.5) is 5.69 Å². The van der Waals surface area contributed by atoms with Gasteiger partial charge in [0.05, 0.1) is 38.1 Å². The Morgan fingerprint density at radius 1 is 0.947 bits per heavy atom. The topological polar surface area (TPSA) is 107 Å². The van der Waals surface area contributed by atoms with E-state index in [0.29, 0.717) is 11.7 Å². The number of methoxy groups -OCH3 is 3. The maximum Gasteiger partial charge on any atom is 0.265 e. The van der Waals surface area contributed by atoms with Gasteiger partial charge in [0.15, 0.2) is 11.5 Å². The molecule has 3 aromatic carbocycles. The first kappa shape index (κ1) is 28.8. The zero-order valence-electron chi connectivity index (χ0n) is 21.8. The lowest BCUT2D eigenvalue weighted by Crippen LogP contribution is -2.39. The fourth-order valence-electron chi connectivity index (χ4n) is 3.57. The van der Waals surface area contributed by atoms with E-state index in [1.165, 1.54) is 63.4 Å². The summed E-state index contributed by atoms with van der Waals surface area (Å²) in [4.78, 5) is 12.8. The van der Waals surface area contributed by atoms with Gasteiger partial charge in [-0.25, -0.2) is 13.8 Å². The zero-order valence-corrected chi connectivity index (χ0v) is 23.3. The quantitative estimate of drug-likeness (QED) is 0.266. The monoisotopic (exact) mass is 559 g/mol. The van der Waals surface area contributed by atoms with Crippen LogP contribution in [-0.2, 0) is 14.8 Å². The fraction of sp³-hybridized carbons (Fsp3) is 0.259. The number of benzene rings is 3. The molecule has 9 nitrogen and oxygen atoms in total. The van der Waals surface area contributed by atoms with E-state index in [2.05, 4.69) is 24.4 Å². The first-order valence-corrected chi connectivity index (χ1v) is 13.4. The number of nitrogens with zero attached hydrogens (tertiary/aromatic N) is 2. The van der Waals surface area contributed by atoms with Crippen LogP contribution in [0.15, 0.2) is 70.7 Å². The Balaban J connectivity index is 1.93. The van der Waals surface area contributed by atoms with Crippen LogP contribution >= 0.6 is 11.6 Å². The average molecular weight is 560 g/mol. The zero-order chi connectivity index (χ0) is 27.9. The van der Waals surface area contributed by atoms with Crippen molar-refractivity contribution in [3.05, 3.63) is 76.8 Å². The van der Waals surface area contributed by atoms with Gasteiger partial charge < -0.3 is 14.2 Å². The molecule has 11 heteroatoms. The summed E-state index contributed by atoms with van der Waals surface area (Å²) < 4.78 is 44.4. The second-order valence-corrected chi connectivity index (χ2v) is 10.8. The SMILES string of the molecule is COc1ccc(S(=O)(=O)N(CC(=O)N/N=C\c2ccc(C(C)C)cc2)c2cc(Cl)ccc2OC)cc1OC. The molecule has 0 aromatic heterocycles. The highest BCUT2D eigenvalue weighted by molar-refractivity contribution is 7.92. The Labute approximate surface area is 228 Å². The summed E-state index contributed by atoms with van der Waals surface area (Å²) in [5.41, 5.74) is 4.43. The van der Waals surface area contributed by atoms with Gasteiger partial charge in [0, 0.05) is 11.1 Å². The summed E-state index contributed by atoms with van der Waals surface area (Å²) in [6.07, 6.45) is 1.48. The van der Waals surface area contributed by atoms with E-state index in [4.69, 9.17) is 25.8 Å². The minimum absolute atomic E-state index is 0.0817. The third-order valence-corrected chi connectivity index (χ3v) is 7.64. The van der Waals surface area contributed by atoms with Crippen molar-refractivity contribution in [2.45, 2.75) is 24.7 Å². The van der Waals surface area contributed by atoms with Crippen LogP contribution in [0.2, 0.25) is 5.02 Å². The van der Waals surface area contributed by atoms with Gasteiger partial charge in [0.2, 0.25) is 0 Å². The van der Waals surface area contributed by atoms with Crippen LogP contribution in [-0.4, -0.2) is 48.4 Å². The number of hydrogen-bond acceptors (Lipinski definition) is 7. The predicted octanol–water partition coefficient (Wildman–Crippen LogP) is 4.83. The number of carbonyl (C=O) groups excluding carboxylic acids is 1. The molecule has 0 aliphatic carbocycles. The number of nitrogens with one attached hydrogen (secondary N) is 1. The Hall–Kier alpha value is -3.76. The number of ether oxygens (including phenoxy) is 3. The van der Waals surface area contributed by atoms with Gasteiger partial charge in [0.25, 0.3) is 15.9 Å². The number of carbonyl (C=O) groups is 1. The third-order valence-electron chi connectivity index (χ3n) is 5.65. The molecule has 0 heterocycles. The van der Waals surface area contributed by atoms with Gasteiger partial charge in [-0.05, 0) is 47.4 Å². The molecule has 0 radical (unpaired) electrons. The maximum atomic E-state index is 13.8. The van der Waals surface area contributed by atoms with Crippen molar-refractivity contribution in [3.63, 3.8) is 0 Å². The summed E-state index contributed by atoms with van der Waals surface area (Å²) in [7, 11) is -0.0683. The van der Waals surface area contributed by atoms with Crippen LogP contribution in [0.25, 0.3) is 0 Å². The van der Waals surface area contributed by atoms with E-state index >= 15 is 0 Å². The largest absolute Gasteiger partial charge is 0.495 e. The molecule has 38 heavy (non-hydrogen) atoms. The maximum absolute atomic E-state index is 13.8. The number of sulfonamides is 1. The van der Waals surface area contributed by atoms with Crippen LogP contribution in [0, 0.1) is 0 Å². The molecular weight excluding hydrogens is 530 g/mol. The van der Waals surface area contributed by atoms with Crippen molar-refractivity contribution in [1.82, 2.24) is 5.43 Å². The smallest absolute Gasteiger partial charge is 0.265 e. The third kappa shape index (κ3) is 6.76. The Morgan fingerprint density at radius 2 is 1.58 bits per heavy atom. The van der Waals surface area contributed by atoms with Crippen molar-refractivity contribution < 1.29 is 27.4 Å². The summed E-state index contributed by atoms with van der Waals surface area (Å²) >= 11 is 6.18. The highest BCUT2D eigenvalue weighted by atomic mass is 35.5. The lowest BCUT2D eigenvalue weighted by molar-refractivity contribution is -0.119. The summed E-state index contributed by atoms with van der Waals surface area (Å²) in [5, 5.41) is 4.25. The van der Waals surface area contributed by atoms with Gasteiger partial charge >= 0.3 is 0 Å². The number of hydrogen-bond donors (Lipinski definition) is 1. The van der Waals surface area contributed by atoms with Gasteiger partial charge in [-0.2, -0.15) is 5.10 Å². The molecule has 1 amide bonds. The molecule has 3 rings (SSSR count). The Morgan fingerprint density at radius 3 is 2.18 bits per heavy atom. The number of amides is 1. The van der Waals surface area contributed by atoms with Crippen molar-refractivity contribution in [2.24, 2.45) is 5.10 Å². The molecule has 0 unspecified atom stereocenters. The fourth-order valence-corrected chi connectivity index (χ4v) is 5.18. The Bertz CT molecular complexity index is 1410. The van der Waals surface area contributed by atoms with Crippen LogP contribution in [0.3, 0.4) is 0 Å². The van der Waals surface area contributed by atoms with Crippen LogP contribution in [0.5, 0.6) is 17.2 Å². The molecule has 202 valence electrons. The van der Waals surface area contributed by atoms with Crippen molar-refractivity contribution in [3.8, 4) is 17.2 Å². The van der Waals surface area contributed by atoms with E-state index in [9.17, 15) is 13.2 Å². The highest BCUT2D eigenvalue weighted by Gasteiger charge is 2.30. The van der Waals surface area contributed by atoms with Crippen molar-refractivity contribution in [1.29, 1.82) is 0 Å². The number of anilines is 1.